The molecule has 2 atom stereocenters. The van der Waals surface area contributed by atoms with E-state index >= 15 is 0 Å². The second kappa shape index (κ2) is 29.9. The number of unbranched alkanes of at least 4 members (excludes halogenated alkanes) is 12. The van der Waals surface area contributed by atoms with Crippen LogP contribution in [0.2, 0.25) is 0 Å². The molecule has 1 N–H and O–H groups in total. The van der Waals surface area contributed by atoms with E-state index in [1.54, 1.807) is 0 Å². The topological polar surface area (TPSA) is 99.1 Å². The fourth-order valence-electron chi connectivity index (χ4n) is 4.92. The Morgan fingerprint density at radius 1 is 0.652 bits per heavy atom. The van der Waals surface area contributed by atoms with E-state index in [4.69, 9.17) is 14.2 Å². The Morgan fingerprint density at radius 3 is 1.78 bits per heavy atom. The molecular formula is C38H68NO7+. The van der Waals surface area contributed by atoms with Crippen LogP contribution in [0.3, 0.4) is 0 Å². The maximum absolute atomic E-state index is 12.6. The van der Waals surface area contributed by atoms with Gasteiger partial charge in [0.2, 0.25) is 0 Å². The molecule has 0 heterocycles. The SMILES string of the molecule is CCCCC/C=C/C=C/CCCCCCCCC(=O)OC(COCCC(C(=O)O)[N+](C)(C)C)COC(=O)CC/C=C/CCCCC. The third-order valence-electron chi connectivity index (χ3n) is 7.80. The van der Waals surface area contributed by atoms with Crippen LogP contribution < -0.4 is 0 Å². The van der Waals surface area contributed by atoms with Gasteiger partial charge in [0, 0.05) is 19.3 Å². The average molecular weight is 651 g/mol. The minimum Gasteiger partial charge on any atom is -0.477 e. The van der Waals surface area contributed by atoms with Gasteiger partial charge in [0.15, 0.2) is 12.1 Å². The molecule has 0 aliphatic heterocycles. The van der Waals surface area contributed by atoms with Gasteiger partial charge in [-0.3, -0.25) is 9.59 Å². The lowest BCUT2D eigenvalue weighted by Crippen LogP contribution is -2.50. The number of rotatable bonds is 31. The first-order chi connectivity index (χ1) is 22.1. The summed E-state index contributed by atoms with van der Waals surface area (Å²) in [5.41, 5.74) is 0. The second-order valence-corrected chi connectivity index (χ2v) is 13.1. The number of nitrogens with zero attached hydrogens (tertiary/aromatic N) is 1. The molecule has 2 unspecified atom stereocenters. The van der Waals surface area contributed by atoms with E-state index in [0.717, 1.165) is 51.4 Å². The second-order valence-electron chi connectivity index (χ2n) is 13.1. The number of ether oxygens (including phenoxy) is 3. The first kappa shape index (κ1) is 43.5. The molecule has 0 saturated heterocycles. The van der Waals surface area contributed by atoms with E-state index in [1.807, 2.05) is 27.2 Å². The highest BCUT2D eigenvalue weighted by atomic mass is 16.6. The standard InChI is InChI=1S/C38H67NO7/c1-6-8-10-12-14-15-16-17-18-19-20-21-23-25-27-29-37(41)46-34(32-44-31-30-35(38(42)43)39(3,4)5)33-45-36(40)28-26-24-22-13-11-9-7-2/h14-17,22,24,34-35H,6-13,18-21,23,25-33H2,1-5H3/p+1/b15-14+,17-16+,24-22+. The number of carboxylic acids is 1. The minimum atomic E-state index is -0.884. The van der Waals surface area contributed by atoms with Crippen molar-refractivity contribution in [3.8, 4) is 0 Å². The summed E-state index contributed by atoms with van der Waals surface area (Å²) in [6.07, 6.45) is 30.7. The van der Waals surface area contributed by atoms with Crippen molar-refractivity contribution in [2.24, 2.45) is 0 Å². The van der Waals surface area contributed by atoms with E-state index in [0.29, 0.717) is 19.3 Å². The predicted octanol–water partition coefficient (Wildman–Crippen LogP) is 8.74. The molecule has 0 aromatic carbocycles. The lowest BCUT2D eigenvalue weighted by molar-refractivity contribution is -0.887. The zero-order valence-electron chi connectivity index (χ0n) is 30.0. The maximum atomic E-state index is 12.6. The molecule has 0 bridgehead atoms. The number of esters is 2. The van der Waals surface area contributed by atoms with Crippen LogP contribution in [0.1, 0.15) is 136 Å². The number of carbonyl (C=O) groups is 3. The quantitative estimate of drug-likeness (QED) is 0.0263. The molecule has 8 heteroatoms. The van der Waals surface area contributed by atoms with Gasteiger partial charge in [0.25, 0.3) is 0 Å². The molecule has 0 radical (unpaired) electrons. The first-order valence-electron chi connectivity index (χ1n) is 18.0. The number of allylic oxidation sites excluding steroid dienone is 6. The van der Waals surface area contributed by atoms with Crippen molar-refractivity contribution in [1.82, 2.24) is 0 Å². The number of quaternary nitrogens is 1. The molecule has 0 amide bonds. The molecule has 0 aromatic rings. The van der Waals surface area contributed by atoms with Gasteiger partial charge in [-0.05, 0) is 51.4 Å². The molecule has 0 saturated carbocycles. The fourth-order valence-corrected chi connectivity index (χ4v) is 4.92. The largest absolute Gasteiger partial charge is 0.477 e. The lowest BCUT2D eigenvalue weighted by atomic mass is 10.1. The maximum Gasteiger partial charge on any atom is 0.362 e. The zero-order chi connectivity index (χ0) is 34.3. The normalized spacial score (nSPS) is 13.5. The van der Waals surface area contributed by atoms with Gasteiger partial charge in [0.05, 0.1) is 34.4 Å². The molecule has 8 nitrogen and oxygen atoms in total. The predicted molar refractivity (Wildman–Crippen MR) is 188 cm³/mol. The summed E-state index contributed by atoms with van der Waals surface area (Å²) in [5, 5.41) is 9.55. The van der Waals surface area contributed by atoms with Gasteiger partial charge in [-0.25, -0.2) is 4.79 Å². The molecular weight excluding hydrogens is 582 g/mol. The highest BCUT2D eigenvalue weighted by molar-refractivity contribution is 5.72. The van der Waals surface area contributed by atoms with Crippen LogP contribution in [-0.2, 0) is 28.6 Å². The fraction of sp³-hybridized carbons (Fsp3) is 0.763. The Hall–Kier alpha value is -2.45. The first-order valence-corrected chi connectivity index (χ1v) is 18.0. The zero-order valence-corrected chi connectivity index (χ0v) is 30.0. The van der Waals surface area contributed by atoms with Crippen molar-refractivity contribution in [3.63, 3.8) is 0 Å². The Kier molecular flexibility index (Phi) is 28.3. The van der Waals surface area contributed by atoms with Gasteiger partial charge in [0.1, 0.15) is 6.61 Å². The van der Waals surface area contributed by atoms with Crippen molar-refractivity contribution >= 4 is 17.9 Å². The Labute approximate surface area is 281 Å². The summed E-state index contributed by atoms with van der Waals surface area (Å²) in [7, 11) is 5.49. The minimum absolute atomic E-state index is 0.0446. The van der Waals surface area contributed by atoms with Crippen LogP contribution in [0.5, 0.6) is 0 Å². The summed E-state index contributed by atoms with van der Waals surface area (Å²) in [4.78, 5) is 36.5. The summed E-state index contributed by atoms with van der Waals surface area (Å²) in [5.74, 6) is -1.56. The highest BCUT2D eigenvalue weighted by Crippen LogP contribution is 2.12. The van der Waals surface area contributed by atoms with Crippen LogP contribution in [0.15, 0.2) is 36.5 Å². The Morgan fingerprint density at radius 2 is 1.20 bits per heavy atom. The third kappa shape index (κ3) is 27.8. The Balaban J connectivity index is 4.46. The van der Waals surface area contributed by atoms with Crippen molar-refractivity contribution < 1.29 is 38.2 Å². The van der Waals surface area contributed by atoms with E-state index in [1.165, 1.54) is 44.9 Å². The van der Waals surface area contributed by atoms with E-state index < -0.39 is 18.1 Å². The molecule has 46 heavy (non-hydrogen) atoms. The van der Waals surface area contributed by atoms with Gasteiger partial charge < -0.3 is 23.8 Å². The van der Waals surface area contributed by atoms with E-state index in [9.17, 15) is 19.5 Å². The van der Waals surface area contributed by atoms with Gasteiger partial charge in [-0.15, -0.1) is 0 Å². The molecule has 0 aromatic heterocycles. The summed E-state index contributed by atoms with van der Waals surface area (Å²) in [6, 6.07) is -0.618. The molecule has 0 fully saturated rings. The van der Waals surface area contributed by atoms with Crippen LogP contribution in [-0.4, -0.2) is 80.6 Å². The van der Waals surface area contributed by atoms with Crippen molar-refractivity contribution in [2.45, 2.75) is 148 Å². The number of likely N-dealkylation sites (N-methyl/N-ethyl adjacent to an activating group) is 1. The molecule has 0 spiro atoms. The van der Waals surface area contributed by atoms with Gasteiger partial charge in [-0.1, -0.05) is 102 Å². The lowest BCUT2D eigenvalue weighted by Gasteiger charge is -2.31. The number of hydrogen-bond acceptors (Lipinski definition) is 6. The van der Waals surface area contributed by atoms with Crippen LogP contribution in [0.25, 0.3) is 0 Å². The monoisotopic (exact) mass is 650 g/mol. The number of carbonyl (C=O) groups excluding carboxylic acids is 2. The third-order valence-corrected chi connectivity index (χ3v) is 7.80. The molecule has 266 valence electrons. The van der Waals surface area contributed by atoms with Gasteiger partial charge >= 0.3 is 17.9 Å². The summed E-state index contributed by atoms with van der Waals surface area (Å²) < 4.78 is 17.0. The number of aliphatic carboxylic acids is 1. The average Bonchev–Trinajstić information content (AvgIpc) is 3.00. The number of carboxylic acid groups (broad SMARTS) is 1. The molecule has 0 aliphatic rings. The van der Waals surface area contributed by atoms with Crippen LogP contribution >= 0.6 is 0 Å². The number of hydrogen-bond donors (Lipinski definition) is 1. The Bertz CT molecular complexity index is 860. The van der Waals surface area contributed by atoms with E-state index in [2.05, 4.69) is 44.2 Å². The highest BCUT2D eigenvalue weighted by Gasteiger charge is 2.31. The van der Waals surface area contributed by atoms with Crippen LogP contribution in [0.4, 0.5) is 0 Å². The smallest absolute Gasteiger partial charge is 0.362 e. The van der Waals surface area contributed by atoms with E-state index in [-0.39, 0.29) is 42.7 Å². The molecule has 0 rings (SSSR count). The van der Waals surface area contributed by atoms with Crippen molar-refractivity contribution in [1.29, 1.82) is 0 Å². The van der Waals surface area contributed by atoms with Crippen molar-refractivity contribution in [2.75, 3.05) is 41.0 Å². The van der Waals surface area contributed by atoms with Crippen LogP contribution in [0, 0.1) is 0 Å². The van der Waals surface area contributed by atoms with Gasteiger partial charge in [-0.2, -0.15) is 0 Å². The summed E-state index contributed by atoms with van der Waals surface area (Å²) >= 11 is 0. The van der Waals surface area contributed by atoms with Crippen molar-refractivity contribution in [3.05, 3.63) is 36.5 Å². The summed E-state index contributed by atoms with van der Waals surface area (Å²) in [6.45, 7) is 4.56. The molecule has 0 aliphatic carbocycles.